The van der Waals surface area contributed by atoms with E-state index in [9.17, 15) is 9.59 Å². The number of nitrogens with zero attached hydrogens (tertiary/aromatic N) is 1. The number of carbonyl (C=O) groups excluding carboxylic acids is 2. The van der Waals surface area contributed by atoms with Crippen LogP contribution in [0.15, 0.2) is 24.3 Å². The zero-order valence-electron chi connectivity index (χ0n) is 15.7. The van der Waals surface area contributed by atoms with Crippen molar-refractivity contribution in [1.82, 2.24) is 4.90 Å². The van der Waals surface area contributed by atoms with Gasteiger partial charge in [0.1, 0.15) is 0 Å². The molecule has 0 aromatic heterocycles. The standard InChI is InChI=1S/C20H30N4O2/c1-24(2)12-18(25)22-16-6-8-17(9-7-16)23-20(26)15-10-13-4-3-5-14(11-15)19(13)21/h6-9,13-15,19H,3-5,10-12,21H2,1-2H3,(H,22,25)(H,23,26). The molecule has 0 spiro atoms. The molecule has 0 radical (unpaired) electrons. The van der Waals surface area contributed by atoms with Gasteiger partial charge in [-0.05, 0) is 75.9 Å². The predicted octanol–water partition coefficient (Wildman–Crippen LogP) is 2.28. The molecule has 1 aromatic rings. The molecule has 2 aliphatic carbocycles. The molecular formula is C20H30N4O2. The first-order valence-corrected chi connectivity index (χ1v) is 9.53. The smallest absolute Gasteiger partial charge is 0.238 e. The first-order chi connectivity index (χ1) is 12.4. The molecule has 2 amide bonds. The van der Waals surface area contributed by atoms with Crippen LogP contribution < -0.4 is 16.4 Å². The van der Waals surface area contributed by atoms with Gasteiger partial charge in [-0.3, -0.25) is 9.59 Å². The average molecular weight is 358 g/mol. The largest absolute Gasteiger partial charge is 0.327 e. The Hall–Kier alpha value is -1.92. The Kier molecular flexibility index (Phi) is 5.94. The summed E-state index contributed by atoms with van der Waals surface area (Å²) in [7, 11) is 3.70. The lowest BCUT2D eigenvalue weighted by Gasteiger charge is -2.43. The second kappa shape index (κ2) is 8.18. The Labute approximate surface area is 155 Å². The molecule has 6 heteroatoms. The minimum atomic E-state index is -0.0585. The maximum atomic E-state index is 12.7. The maximum absolute atomic E-state index is 12.7. The molecule has 0 heterocycles. The number of rotatable bonds is 5. The van der Waals surface area contributed by atoms with Crippen LogP contribution in [-0.2, 0) is 9.59 Å². The van der Waals surface area contributed by atoms with E-state index in [2.05, 4.69) is 10.6 Å². The second-order valence-electron chi connectivity index (χ2n) is 8.05. The van der Waals surface area contributed by atoms with Crippen molar-refractivity contribution in [1.29, 1.82) is 0 Å². The van der Waals surface area contributed by atoms with Crippen molar-refractivity contribution in [3.8, 4) is 0 Å². The lowest BCUT2D eigenvalue weighted by Crippen LogP contribution is -2.48. The van der Waals surface area contributed by atoms with E-state index < -0.39 is 0 Å². The van der Waals surface area contributed by atoms with Crippen LogP contribution in [0, 0.1) is 17.8 Å². The zero-order valence-corrected chi connectivity index (χ0v) is 15.7. The van der Waals surface area contributed by atoms with Crippen LogP contribution in [0.2, 0.25) is 0 Å². The normalized spacial score (nSPS) is 27.8. The lowest BCUT2D eigenvalue weighted by molar-refractivity contribution is -0.122. The number of likely N-dealkylation sites (N-methyl/N-ethyl adjacent to an activating group) is 1. The van der Waals surface area contributed by atoms with Gasteiger partial charge in [0.05, 0.1) is 6.54 Å². The number of fused-ring (bicyclic) bond motifs is 2. The SMILES string of the molecule is CN(C)CC(=O)Nc1ccc(NC(=O)C2CC3CCCC(C2)C3N)cc1. The van der Waals surface area contributed by atoms with E-state index in [-0.39, 0.29) is 23.8 Å². The van der Waals surface area contributed by atoms with Gasteiger partial charge in [-0.1, -0.05) is 6.42 Å². The molecule has 2 bridgehead atoms. The highest BCUT2D eigenvalue weighted by Crippen LogP contribution is 2.42. The summed E-state index contributed by atoms with van der Waals surface area (Å²) in [6.07, 6.45) is 5.37. The lowest BCUT2D eigenvalue weighted by atomic mass is 9.65. The monoisotopic (exact) mass is 358 g/mol. The topological polar surface area (TPSA) is 87.5 Å². The van der Waals surface area contributed by atoms with Gasteiger partial charge in [0.2, 0.25) is 11.8 Å². The molecule has 6 nitrogen and oxygen atoms in total. The summed E-state index contributed by atoms with van der Waals surface area (Å²) >= 11 is 0. The number of amides is 2. The third-order valence-electron chi connectivity index (χ3n) is 5.68. The second-order valence-corrected chi connectivity index (χ2v) is 8.05. The van der Waals surface area contributed by atoms with E-state index in [1.54, 1.807) is 0 Å². The molecule has 26 heavy (non-hydrogen) atoms. The maximum Gasteiger partial charge on any atom is 0.238 e. The van der Waals surface area contributed by atoms with Gasteiger partial charge in [0.25, 0.3) is 0 Å². The summed E-state index contributed by atoms with van der Waals surface area (Å²) in [6.45, 7) is 0.338. The molecule has 0 aliphatic heterocycles. The molecule has 3 rings (SSSR count). The molecule has 0 saturated heterocycles. The Morgan fingerprint density at radius 3 is 2.12 bits per heavy atom. The van der Waals surface area contributed by atoms with Gasteiger partial charge in [0.15, 0.2) is 0 Å². The Morgan fingerprint density at radius 1 is 1.04 bits per heavy atom. The van der Waals surface area contributed by atoms with Crippen LogP contribution in [0.1, 0.15) is 32.1 Å². The number of anilines is 2. The van der Waals surface area contributed by atoms with Gasteiger partial charge < -0.3 is 21.3 Å². The summed E-state index contributed by atoms with van der Waals surface area (Å²) in [5.74, 6) is 1.08. The van der Waals surface area contributed by atoms with Crippen molar-refractivity contribution in [2.24, 2.45) is 23.5 Å². The Bertz CT molecular complexity index is 630. The van der Waals surface area contributed by atoms with Crippen molar-refractivity contribution >= 4 is 23.2 Å². The number of nitrogens with one attached hydrogen (secondary N) is 2. The molecule has 2 unspecified atom stereocenters. The summed E-state index contributed by atoms with van der Waals surface area (Å²) < 4.78 is 0. The Morgan fingerprint density at radius 2 is 1.58 bits per heavy atom. The fraction of sp³-hybridized carbons (Fsp3) is 0.600. The molecule has 142 valence electrons. The number of hydrogen-bond donors (Lipinski definition) is 3. The minimum Gasteiger partial charge on any atom is -0.327 e. The van der Waals surface area contributed by atoms with Crippen molar-refractivity contribution in [2.75, 3.05) is 31.3 Å². The molecular weight excluding hydrogens is 328 g/mol. The van der Waals surface area contributed by atoms with Crippen LogP contribution in [0.5, 0.6) is 0 Å². The summed E-state index contributed by atoms with van der Waals surface area (Å²) in [5, 5.41) is 5.87. The highest BCUT2D eigenvalue weighted by atomic mass is 16.2. The first-order valence-electron chi connectivity index (χ1n) is 9.53. The van der Waals surface area contributed by atoms with Crippen molar-refractivity contribution < 1.29 is 9.59 Å². The van der Waals surface area contributed by atoms with Crippen molar-refractivity contribution in [3.05, 3.63) is 24.3 Å². The quantitative estimate of drug-likeness (QED) is 0.753. The van der Waals surface area contributed by atoms with Gasteiger partial charge in [0, 0.05) is 23.3 Å². The summed E-state index contributed by atoms with van der Waals surface area (Å²) in [5.41, 5.74) is 7.81. The van der Waals surface area contributed by atoms with E-state index in [4.69, 9.17) is 5.73 Å². The fourth-order valence-electron chi connectivity index (χ4n) is 4.37. The van der Waals surface area contributed by atoms with Gasteiger partial charge in [-0.2, -0.15) is 0 Å². The van der Waals surface area contributed by atoms with Gasteiger partial charge in [-0.15, -0.1) is 0 Å². The predicted molar refractivity (Wildman–Crippen MR) is 104 cm³/mol. The van der Waals surface area contributed by atoms with E-state index >= 15 is 0 Å². The molecule has 2 fully saturated rings. The van der Waals surface area contributed by atoms with E-state index in [0.717, 1.165) is 37.1 Å². The van der Waals surface area contributed by atoms with Crippen molar-refractivity contribution in [2.45, 2.75) is 38.1 Å². The van der Waals surface area contributed by atoms with Gasteiger partial charge in [-0.25, -0.2) is 0 Å². The molecule has 2 aliphatic rings. The highest BCUT2D eigenvalue weighted by Gasteiger charge is 2.40. The minimum absolute atomic E-state index is 0.0585. The zero-order chi connectivity index (χ0) is 18.7. The van der Waals surface area contributed by atoms with E-state index in [1.807, 2.05) is 43.3 Å². The van der Waals surface area contributed by atoms with Crippen LogP contribution >= 0.6 is 0 Å². The molecule has 2 saturated carbocycles. The van der Waals surface area contributed by atoms with Crippen molar-refractivity contribution in [3.63, 3.8) is 0 Å². The number of carbonyl (C=O) groups is 2. The highest BCUT2D eigenvalue weighted by molar-refractivity contribution is 5.94. The van der Waals surface area contributed by atoms with Crippen LogP contribution in [0.25, 0.3) is 0 Å². The third kappa shape index (κ3) is 4.62. The summed E-state index contributed by atoms with van der Waals surface area (Å²) in [4.78, 5) is 26.3. The fourth-order valence-corrected chi connectivity index (χ4v) is 4.37. The Balaban J connectivity index is 1.54. The first kappa shape index (κ1) is 18.9. The molecule has 1 aromatic carbocycles. The summed E-state index contributed by atoms with van der Waals surface area (Å²) in [6, 6.07) is 7.57. The third-order valence-corrected chi connectivity index (χ3v) is 5.68. The average Bonchev–Trinajstić information content (AvgIpc) is 2.55. The van der Waals surface area contributed by atoms with Crippen LogP contribution in [-0.4, -0.2) is 43.4 Å². The number of hydrogen-bond acceptors (Lipinski definition) is 4. The van der Waals surface area contributed by atoms with E-state index in [1.165, 1.54) is 6.42 Å². The van der Waals surface area contributed by atoms with E-state index in [0.29, 0.717) is 18.4 Å². The van der Waals surface area contributed by atoms with Gasteiger partial charge >= 0.3 is 0 Å². The van der Waals surface area contributed by atoms with Crippen LogP contribution in [0.3, 0.4) is 0 Å². The number of nitrogens with two attached hydrogens (primary N) is 1. The molecule has 4 N–H and O–H groups in total. The molecule has 2 atom stereocenters. The number of benzene rings is 1. The van der Waals surface area contributed by atoms with Crippen LogP contribution in [0.4, 0.5) is 11.4 Å².